The fraction of sp³-hybridized carbons (Fsp3) is 0.167. The second-order valence-electron chi connectivity index (χ2n) is 3.52. The predicted molar refractivity (Wildman–Crippen MR) is 62.1 cm³/mol. The van der Waals surface area contributed by atoms with Crippen molar-refractivity contribution < 1.29 is 0 Å². The lowest BCUT2D eigenvalue weighted by Gasteiger charge is -1.94. The minimum absolute atomic E-state index is 0.742. The smallest absolute Gasteiger partial charge is 0.104 e. The first-order valence-corrected chi connectivity index (χ1v) is 5.01. The summed E-state index contributed by atoms with van der Waals surface area (Å²) in [5.41, 5.74) is 3.42. The quantitative estimate of drug-likeness (QED) is 0.715. The van der Waals surface area contributed by atoms with Crippen molar-refractivity contribution in [2.24, 2.45) is 10.2 Å². The fourth-order valence-electron chi connectivity index (χ4n) is 1.15. The van der Waals surface area contributed by atoms with E-state index in [0.717, 1.165) is 22.8 Å². The van der Waals surface area contributed by atoms with Crippen molar-refractivity contribution in [1.29, 1.82) is 0 Å². The lowest BCUT2D eigenvalue weighted by molar-refractivity contribution is 1.13. The van der Waals surface area contributed by atoms with E-state index < -0.39 is 0 Å². The average molecular weight is 212 g/mol. The molecule has 2 aromatic rings. The van der Waals surface area contributed by atoms with Crippen LogP contribution in [0.3, 0.4) is 0 Å². The highest BCUT2D eigenvalue weighted by Crippen LogP contribution is 2.16. The number of hydrogen-bond acceptors (Lipinski definition) is 4. The number of hydrogen-bond donors (Lipinski definition) is 0. The van der Waals surface area contributed by atoms with Crippen LogP contribution in [0.15, 0.2) is 46.9 Å². The summed E-state index contributed by atoms with van der Waals surface area (Å²) >= 11 is 0. The van der Waals surface area contributed by atoms with Gasteiger partial charge in [-0.2, -0.15) is 0 Å². The third kappa shape index (κ3) is 2.70. The standard InChI is InChI=1S/C12H12N4/c1-9-3-5-11(7-13-9)15-16-12-6-4-10(2)14-8-12/h3-8H,1-2H3. The number of aromatic nitrogens is 2. The summed E-state index contributed by atoms with van der Waals surface area (Å²) < 4.78 is 0. The molecule has 2 aromatic heterocycles. The van der Waals surface area contributed by atoms with Crippen LogP contribution < -0.4 is 0 Å². The number of rotatable bonds is 2. The van der Waals surface area contributed by atoms with Crippen LogP contribution in [0.1, 0.15) is 11.4 Å². The van der Waals surface area contributed by atoms with Crippen LogP contribution in [0.2, 0.25) is 0 Å². The summed E-state index contributed by atoms with van der Waals surface area (Å²) in [4.78, 5) is 8.27. The Hall–Kier alpha value is -2.10. The predicted octanol–water partition coefficient (Wildman–Crippen LogP) is 3.51. The lowest BCUT2D eigenvalue weighted by Crippen LogP contribution is -1.77. The highest BCUT2D eigenvalue weighted by Gasteiger charge is 1.92. The summed E-state index contributed by atoms with van der Waals surface area (Å²) in [6, 6.07) is 7.57. The molecule has 0 aromatic carbocycles. The van der Waals surface area contributed by atoms with Crippen molar-refractivity contribution >= 4 is 11.4 Å². The van der Waals surface area contributed by atoms with Crippen molar-refractivity contribution in [3.8, 4) is 0 Å². The Morgan fingerprint density at radius 3 is 1.50 bits per heavy atom. The minimum atomic E-state index is 0.742. The zero-order valence-electron chi connectivity index (χ0n) is 9.25. The van der Waals surface area contributed by atoms with Crippen LogP contribution in [0.25, 0.3) is 0 Å². The van der Waals surface area contributed by atoms with E-state index in [1.807, 2.05) is 38.1 Å². The van der Waals surface area contributed by atoms with Crippen LogP contribution >= 0.6 is 0 Å². The van der Waals surface area contributed by atoms with Crippen molar-refractivity contribution in [3.63, 3.8) is 0 Å². The molecule has 0 saturated carbocycles. The molecule has 0 spiro atoms. The maximum atomic E-state index is 4.14. The maximum Gasteiger partial charge on any atom is 0.104 e. The van der Waals surface area contributed by atoms with Crippen molar-refractivity contribution in [2.45, 2.75) is 13.8 Å². The van der Waals surface area contributed by atoms with Gasteiger partial charge in [-0.3, -0.25) is 9.97 Å². The third-order valence-corrected chi connectivity index (χ3v) is 2.07. The topological polar surface area (TPSA) is 50.5 Å². The Bertz CT molecular complexity index is 438. The second kappa shape index (κ2) is 4.61. The molecule has 0 radical (unpaired) electrons. The highest BCUT2D eigenvalue weighted by atomic mass is 15.1. The molecule has 0 amide bonds. The van der Waals surface area contributed by atoms with E-state index in [-0.39, 0.29) is 0 Å². The molecule has 16 heavy (non-hydrogen) atoms. The van der Waals surface area contributed by atoms with Crippen LogP contribution in [-0.2, 0) is 0 Å². The van der Waals surface area contributed by atoms with E-state index in [0.29, 0.717) is 0 Å². The molecule has 0 bridgehead atoms. The largest absolute Gasteiger partial charge is 0.259 e. The van der Waals surface area contributed by atoms with Crippen LogP contribution in [0.4, 0.5) is 11.4 Å². The van der Waals surface area contributed by atoms with Crippen molar-refractivity contribution in [1.82, 2.24) is 9.97 Å². The first kappa shape index (κ1) is 10.4. The molecule has 80 valence electrons. The molecular weight excluding hydrogens is 200 g/mol. The molecule has 0 fully saturated rings. The zero-order chi connectivity index (χ0) is 11.4. The number of pyridine rings is 2. The number of azo groups is 1. The van der Waals surface area contributed by atoms with Gasteiger partial charge in [0.2, 0.25) is 0 Å². The first-order chi connectivity index (χ1) is 7.74. The zero-order valence-corrected chi connectivity index (χ0v) is 9.25. The van der Waals surface area contributed by atoms with Gasteiger partial charge in [-0.05, 0) is 38.1 Å². The molecule has 4 nitrogen and oxygen atoms in total. The molecule has 0 atom stereocenters. The maximum absolute atomic E-state index is 4.14. The summed E-state index contributed by atoms with van der Waals surface area (Å²) in [5, 5.41) is 8.14. The monoisotopic (exact) mass is 212 g/mol. The molecule has 4 heteroatoms. The molecule has 0 aliphatic carbocycles. The van der Waals surface area contributed by atoms with Crippen molar-refractivity contribution in [3.05, 3.63) is 48.0 Å². The molecule has 2 rings (SSSR count). The molecule has 2 heterocycles. The highest BCUT2D eigenvalue weighted by molar-refractivity contribution is 5.37. The van der Waals surface area contributed by atoms with Crippen LogP contribution in [-0.4, -0.2) is 9.97 Å². The lowest BCUT2D eigenvalue weighted by atomic mass is 10.3. The third-order valence-electron chi connectivity index (χ3n) is 2.07. The van der Waals surface area contributed by atoms with Gasteiger partial charge in [0.1, 0.15) is 11.4 Å². The Morgan fingerprint density at radius 1 is 0.750 bits per heavy atom. The Kier molecular flexibility index (Phi) is 3.00. The molecule has 0 saturated heterocycles. The Labute approximate surface area is 94.1 Å². The van der Waals surface area contributed by atoms with Gasteiger partial charge in [0, 0.05) is 11.4 Å². The summed E-state index contributed by atoms with van der Waals surface area (Å²) in [6.45, 7) is 3.87. The van der Waals surface area contributed by atoms with Gasteiger partial charge < -0.3 is 0 Å². The van der Waals surface area contributed by atoms with Gasteiger partial charge in [-0.1, -0.05) is 0 Å². The minimum Gasteiger partial charge on any atom is -0.259 e. The van der Waals surface area contributed by atoms with E-state index in [9.17, 15) is 0 Å². The summed E-state index contributed by atoms with van der Waals surface area (Å²) in [5.74, 6) is 0. The van der Waals surface area contributed by atoms with Gasteiger partial charge in [0.05, 0.1) is 12.4 Å². The molecular formula is C12H12N4. The molecule has 0 unspecified atom stereocenters. The average Bonchev–Trinajstić information content (AvgIpc) is 2.30. The summed E-state index contributed by atoms with van der Waals surface area (Å²) in [7, 11) is 0. The van der Waals surface area contributed by atoms with E-state index in [4.69, 9.17) is 0 Å². The fourth-order valence-corrected chi connectivity index (χ4v) is 1.15. The van der Waals surface area contributed by atoms with E-state index in [1.165, 1.54) is 0 Å². The first-order valence-electron chi connectivity index (χ1n) is 5.01. The van der Waals surface area contributed by atoms with E-state index in [2.05, 4.69) is 20.2 Å². The Morgan fingerprint density at radius 2 is 1.19 bits per heavy atom. The van der Waals surface area contributed by atoms with Gasteiger partial charge in [0.15, 0.2) is 0 Å². The SMILES string of the molecule is Cc1ccc(N=Nc2ccc(C)nc2)cn1. The normalized spacial score (nSPS) is 10.9. The van der Waals surface area contributed by atoms with Crippen molar-refractivity contribution in [2.75, 3.05) is 0 Å². The second-order valence-corrected chi connectivity index (χ2v) is 3.52. The Balaban J connectivity index is 2.15. The molecule has 0 N–H and O–H groups in total. The van der Waals surface area contributed by atoms with E-state index >= 15 is 0 Å². The number of nitrogens with zero attached hydrogens (tertiary/aromatic N) is 4. The van der Waals surface area contributed by atoms with Crippen LogP contribution in [0, 0.1) is 13.8 Å². The number of aryl methyl sites for hydroxylation is 2. The van der Waals surface area contributed by atoms with Crippen LogP contribution in [0.5, 0.6) is 0 Å². The van der Waals surface area contributed by atoms with Gasteiger partial charge in [0.25, 0.3) is 0 Å². The molecule has 0 aliphatic rings. The summed E-state index contributed by atoms with van der Waals surface area (Å²) in [6.07, 6.45) is 3.39. The van der Waals surface area contributed by atoms with Gasteiger partial charge in [-0.25, -0.2) is 0 Å². The van der Waals surface area contributed by atoms with Gasteiger partial charge in [-0.15, -0.1) is 10.2 Å². The van der Waals surface area contributed by atoms with Gasteiger partial charge >= 0.3 is 0 Å². The van der Waals surface area contributed by atoms with E-state index in [1.54, 1.807) is 12.4 Å². The molecule has 0 aliphatic heterocycles.